The van der Waals surface area contributed by atoms with Crippen LogP contribution < -0.4 is 10.3 Å². The number of phenols is 1. The largest absolute Gasteiger partial charge is 0.504 e. The van der Waals surface area contributed by atoms with E-state index < -0.39 is 5.41 Å². The summed E-state index contributed by atoms with van der Waals surface area (Å²) in [6, 6.07) is 6.88. The molecule has 27 heavy (non-hydrogen) atoms. The van der Waals surface area contributed by atoms with Crippen LogP contribution in [-0.4, -0.2) is 30.8 Å². The molecular formula is C19H25N2O5S+. The van der Waals surface area contributed by atoms with Crippen LogP contribution in [0.25, 0.3) is 0 Å². The molecule has 0 spiro atoms. The number of hydrogen-bond acceptors (Lipinski definition) is 7. The molecule has 0 aliphatic rings. The molecule has 0 radical (unpaired) electrons. The Hall–Kier alpha value is -2.61. The zero-order valence-electron chi connectivity index (χ0n) is 15.7. The first kappa shape index (κ1) is 20.7. The summed E-state index contributed by atoms with van der Waals surface area (Å²) in [6.45, 7) is 3.89. The van der Waals surface area contributed by atoms with Crippen LogP contribution in [0.5, 0.6) is 5.75 Å². The van der Waals surface area contributed by atoms with E-state index in [1.807, 2.05) is 18.4 Å². The van der Waals surface area contributed by atoms with Gasteiger partial charge in [0.15, 0.2) is 11.4 Å². The van der Waals surface area contributed by atoms with Crippen LogP contribution >= 0.6 is 11.3 Å². The van der Waals surface area contributed by atoms with Crippen molar-refractivity contribution in [2.45, 2.75) is 38.5 Å². The van der Waals surface area contributed by atoms with Crippen molar-refractivity contribution < 1.29 is 29.2 Å². The lowest BCUT2D eigenvalue weighted by Crippen LogP contribution is -2.41. The minimum Gasteiger partial charge on any atom is -0.504 e. The number of benzene rings is 1. The number of methoxy groups -OCH3 is 1. The van der Waals surface area contributed by atoms with E-state index in [1.54, 1.807) is 25.1 Å². The summed E-state index contributed by atoms with van der Waals surface area (Å²) in [7, 11) is 1.32. The second-order valence-electron chi connectivity index (χ2n) is 5.98. The number of ether oxygens (including phenoxy) is 2. The number of aromatic nitrogens is 1. The number of rotatable bonds is 9. The van der Waals surface area contributed by atoms with E-state index in [4.69, 9.17) is 9.47 Å². The van der Waals surface area contributed by atoms with Crippen molar-refractivity contribution >= 4 is 34.1 Å². The van der Waals surface area contributed by atoms with Crippen molar-refractivity contribution in [3.05, 3.63) is 35.3 Å². The Morgan fingerprint density at radius 3 is 2.67 bits per heavy atom. The molecule has 1 heterocycles. The molecule has 0 aliphatic carbocycles. The zero-order chi connectivity index (χ0) is 19.9. The van der Waals surface area contributed by atoms with Gasteiger partial charge in [-0.25, -0.2) is 10.3 Å². The molecule has 1 unspecified atom stereocenters. The van der Waals surface area contributed by atoms with Crippen molar-refractivity contribution in [1.82, 2.24) is 0 Å². The Balaban J connectivity index is 2.32. The lowest BCUT2D eigenvalue weighted by molar-refractivity contribution is -0.374. The number of para-hydroxylation sites is 2. The Kier molecular flexibility index (Phi) is 7.18. The van der Waals surface area contributed by atoms with Crippen molar-refractivity contribution in [2.24, 2.45) is 0 Å². The standard InChI is InChI=1S/C19H24N2O5S/c1-4-19(17(24)26-5-2,11-10-16(23)25-3)15-12-27-18(21-15)20-13-8-6-7-9-14(13)22/h6-9,12,22H,4-5,10-11H2,1-3H3,(H,20,21)/p+1. The van der Waals surface area contributed by atoms with Gasteiger partial charge in [0.1, 0.15) is 11.1 Å². The maximum absolute atomic E-state index is 12.8. The highest BCUT2D eigenvalue weighted by Crippen LogP contribution is 2.35. The van der Waals surface area contributed by atoms with Gasteiger partial charge in [0.25, 0.3) is 0 Å². The average Bonchev–Trinajstić information content (AvgIpc) is 3.13. The van der Waals surface area contributed by atoms with Crippen molar-refractivity contribution in [3.63, 3.8) is 0 Å². The number of carbonyl (C=O) groups excluding carboxylic acids is 2. The molecule has 1 aromatic carbocycles. The van der Waals surface area contributed by atoms with Crippen LogP contribution in [0.15, 0.2) is 29.6 Å². The Morgan fingerprint density at radius 2 is 2.04 bits per heavy atom. The Bertz CT molecular complexity index is 792. The van der Waals surface area contributed by atoms with E-state index in [1.165, 1.54) is 18.4 Å². The van der Waals surface area contributed by atoms with Gasteiger partial charge in [-0.3, -0.25) is 9.59 Å². The molecule has 0 amide bonds. The maximum atomic E-state index is 12.8. The van der Waals surface area contributed by atoms with Gasteiger partial charge in [0.2, 0.25) is 0 Å². The summed E-state index contributed by atoms with van der Waals surface area (Å²) in [5.74, 6) is -0.627. The lowest BCUT2D eigenvalue weighted by atomic mass is 9.78. The van der Waals surface area contributed by atoms with E-state index in [2.05, 4.69) is 10.3 Å². The van der Waals surface area contributed by atoms with Crippen LogP contribution in [0.1, 0.15) is 38.8 Å². The average molecular weight is 393 g/mol. The maximum Gasteiger partial charge on any atom is 0.337 e. The second-order valence-corrected chi connectivity index (χ2v) is 6.86. The Morgan fingerprint density at radius 1 is 1.30 bits per heavy atom. The molecule has 1 atom stereocenters. The normalized spacial score (nSPS) is 12.9. The SMILES string of the molecule is CCOC(=O)C(CC)(CCC(=O)OC)c1csc(Nc2ccccc2O)[nH+]1. The molecule has 7 nitrogen and oxygen atoms in total. The first-order valence-corrected chi connectivity index (χ1v) is 9.65. The third-order valence-electron chi connectivity index (χ3n) is 4.46. The van der Waals surface area contributed by atoms with Gasteiger partial charge in [-0.1, -0.05) is 30.4 Å². The fourth-order valence-corrected chi connectivity index (χ4v) is 3.70. The lowest BCUT2D eigenvalue weighted by Gasteiger charge is -2.27. The molecule has 3 N–H and O–H groups in total. The first-order valence-electron chi connectivity index (χ1n) is 8.77. The van der Waals surface area contributed by atoms with Crippen molar-refractivity contribution in [1.29, 1.82) is 0 Å². The van der Waals surface area contributed by atoms with E-state index in [-0.39, 0.29) is 37.1 Å². The van der Waals surface area contributed by atoms with Gasteiger partial charge in [-0.15, -0.1) is 0 Å². The minimum atomic E-state index is -0.973. The predicted octanol–water partition coefficient (Wildman–Crippen LogP) is 3.18. The van der Waals surface area contributed by atoms with E-state index in [9.17, 15) is 14.7 Å². The third kappa shape index (κ3) is 4.77. The van der Waals surface area contributed by atoms with Crippen LogP contribution in [0.2, 0.25) is 0 Å². The van der Waals surface area contributed by atoms with Crippen LogP contribution in [-0.2, 0) is 24.5 Å². The van der Waals surface area contributed by atoms with Gasteiger partial charge in [-0.05, 0) is 31.9 Å². The summed E-state index contributed by atoms with van der Waals surface area (Å²) in [6.07, 6.45) is 0.847. The summed E-state index contributed by atoms with van der Waals surface area (Å²) < 4.78 is 10.0. The fourth-order valence-electron chi connectivity index (χ4n) is 2.84. The van der Waals surface area contributed by atoms with Crippen LogP contribution in [0.3, 0.4) is 0 Å². The molecule has 1 aromatic heterocycles. The van der Waals surface area contributed by atoms with Gasteiger partial charge in [-0.2, -0.15) is 0 Å². The number of aromatic hydroxyl groups is 1. The molecule has 2 rings (SSSR count). The van der Waals surface area contributed by atoms with E-state index in [0.717, 1.165) is 0 Å². The molecule has 0 fully saturated rings. The number of hydrogen-bond donors (Lipinski definition) is 2. The third-order valence-corrected chi connectivity index (χ3v) is 5.26. The summed E-state index contributed by atoms with van der Waals surface area (Å²) in [5, 5.41) is 15.5. The summed E-state index contributed by atoms with van der Waals surface area (Å²) in [4.78, 5) is 27.6. The first-order chi connectivity index (χ1) is 13.0. The summed E-state index contributed by atoms with van der Waals surface area (Å²) >= 11 is 1.37. The molecule has 0 saturated carbocycles. The molecular weight excluding hydrogens is 368 g/mol. The van der Waals surface area contributed by atoms with Gasteiger partial charge >= 0.3 is 17.1 Å². The second kappa shape index (κ2) is 9.36. The molecule has 0 bridgehead atoms. The number of H-pyrrole nitrogens is 1. The molecule has 2 aromatic rings. The highest BCUT2D eigenvalue weighted by Gasteiger charge is 2.44. The Labute approximate surface area is 162 Å². The van der Waals surface area contributed by atoms with Gasteiger partial charge < -0.3 is 14.6 Å². The highest BCUT2D eigenvalue weighted by molar-refractivity contribution is 7.13. The van der Waals surface area contributed by atoms with Crippen LogP contribution in [0, 0.1) is 0 Å². The highest BCUT2D eigenvalue weighted by atomic mass is 32.1. The fraction of sp³-hybridized carbons (Fsp3) is 0.421. The van der Waals surface area contributed by atoms with E-state index in [0.29, 0.717) is 22.9 Å². The van der Waals surface area contributed by atoms with Gasteiger partial charge in [0.05, 0.1) is 13.7 Å². The minimum absolute atomic E-state index is 0.106. The zero-order valence-corrected chi connectivity index (χ0v) is 16.5. The smallest absolute Gasteiger partial charge is 0.337 e. The predicted molar refractivity (Wildman–Crippen MR) is 102 cm³/mol. The molecule has 0 aliphatic heterocycles. The number of esters is 2. The van der Waals surface area contributed by atoms with Gasteiger partial charge in [0, 0.05) is 11.8 Å². The number of thiazole rings is 1. The quantitative estimate of drug-likeness (QED) is 0.501. The number of anilines is 2. The van der Waals surface area contributed by atoms with Crippen molar-refractivity contribution in [2.75, 3.05) is 19.0 Å². The van der Waals surface area contributed by atoms with E-state index >= 15 is 0 Å². The molecule has 0 saturated heterocycles. The molecule has 8 heteroatoms. The van der Waals surface area contributed by atoms with Crippen molar-refractivity contribution in [3.8, 4) is 5.75 Å². The summed E-state index contributed by atoms with van der Waals surface area (Å²) in [5.41, 5.74) is 0.240. The number of carbonyl (C=O) groups is 2. The number of aromatic amines is 1. The van der Waals surface area contributed by atoms with Crippen LogP contribution in [0.4, 0.5) is 10.8 Å². The number of nitrogens with one attached hydrogen (secondary N) is 2. The monoisotopic (exact) mass is 393 g/mol. The molecule has 146 valence electrons. The topological polar surface area (TPSA) is 99.0 Å². The number of phenolic OH excluding ortho intramolecular Hbond substituents is 1.